The smallest absolute Gasteiger partial charge is 0.309 e. The summed E-state index contributed by atoms with van der Waals surface area (Å²) in [6.07, 6.45) is -10.2. The van der Waals surface area contributed by atoms with Gasteiger partial charge in [-0.05, 0) is 118 Å². The minimum absolute atomic E-state index is 0.00861. The molecule has 334 valence electrons. The van der Waals surface area contributed by atoms with E-state index >= 15 is 0 Å². The standard InChI is InChI=1S/C59H31F6N5/c60-58(61,62)41-21-23-44(51(31-41)59(63,64)65)38-20-26-55(69-52-15-7-5-13-45(52)48-28-36(18-24-54(48)69)42-11-3-1-9-39(42)33-67)50(30-38)47-22-17-35(32-66)27-57(47)70-53-16-8-6-14-46(53)49-29-37(19-25-56(49)70)43-12-4-2-10-40(43)34-68/h1-31H. The number of hydrogen-bond donors (Lipinski definition) is 0. The van der Waals surface area contributed by atoms with Gasteiger partial charge in [0, 0.05) is 32.7 Å². The van der Waals surface area contributed by atoms with Gasteiger partial charge in [0.2, 0.25) is 0 Å². The molecule has 11 heteroatoms. The average Bonchev–Trinajstić information content (AvgIpc) is 3.89. The summed E-state index contributed by atoms with van der Waals surface area (Å²) in [7, 11) is 0. The van der Waals surface area contributed by atoms with Gasteiger partial charge in [-0.2, -0.15) is 42.1 Å². The highest BCUT2D eigenvalue weighted by Crippen LogP contribution is 2.46. The maximum absolute atomic E-state index is 15.0. The van der Waals surface area contributed by atoms with E-state index in [1.807, 2.05) is 118 Å². The Balaban J connectivity index is 1.23. The summed E-state index contributed by atoms with van der Waals surface area (Å²) < 4.78 is 90.8. The molecule has 0 fully saturated rings. The van der Waals surface area contributed by atoms with Crippen molar-refractivity contribution in [3.8, 4) is 74.1 Å². The van der Waals surface area contributed by atoms with Crippen molar-refractivity contribution in [2.24, 2.45) is 0 Å². The van der Waals surface area contributed by atoms with E-state index in [1.165, 1.54) is 6.07 Å². The van der Waals surface area contributed by atoms with Crippen molar-refractivity contribution in [1.29, 1.82) is 15.8 Å². The molecule has 0 unspecified atom stereocenters. The summed E-state index contributed by atoms with van der Waals surface area (Å²) in [5.41, 5.74) is 5.97. The number of halogens is 6. The molecule has 11 rings (SSSR count). The van der Waals surface area contributed by atoms with Gasteiger partial charge in [-0.1, -0.05) is 103 Å². The maximum atomic E-state index is 15.0. The van der Waals surface area contributed by atoms with E-state index in [-0.39, 0.29) is 11.6 Å². The van der Waals surface area contributed by atoms with E-state index in [0.29, 0.717) is 45.3 Å². The first-order valence-electron chi connectivity index (χ1n) is 21.9. The van der Waals surface area contributed by atoms with E-state index in [9.17, 15) is 42.1 Å². The van der Waals surface area contributed by atoms with Gasteiger partial charge in [-0.25, -0.2) is 0 Å². The van der Waals surface area contributed by atoms with Gasteiger partial charge in [0.25, 0.3) is 0 Å². The van der Waals surface area contributed by atoms with Crippen LogP contribution in [0.2, 0.25) is 0 Å². The van der Waals surface area contributed by atoms with E-state index < -0.39 is 29.0 Å². The molecule has 11 aromatic rings. The van der Waals surface area contributed by atoms with Crippen LogP contribution in [0.4, 0.5) is 26.3 Å². The van der Waals surface area contributed by atoms with Crippen LogP contribution in [0.1, 0.15) is 27.8 Å². The average molecular weight is 924 g/mol. The summed E-state index contributed by atoms with van der Waals surface area (Å²) in [6.45, 7) is 0. The number of aromatic nitrogens is 2. The van der Waals surface area contributed by atoms with Crippen LogP contribution in [-0.4, -0.2) is 9.13 Å². The second kappa shape index (κ2) is 16.4. The lowest BCUT2D eigenvalue weighted by Gasteiger charge is -2.21. The number of para-hydroxylation sites is 2. The molecule has 0 saturated heterocycles. The minimum atomic E-state index is -5.15. The third-order valence-corrected chi connectivity index (χ3v) is 12.9. The molecule has 0 radical (unpaired) electrons. The van der Waals surface area contributed by atoms with Gasteiger partial charge in [0.05, 0.1) is 79.5 Å². The molecular weight excluding hydrogens is 893 g/mol. The van der Waals surface area contributed by atoms with Gasteiger partial charge in [0.15, 0.2) is 0 Å². The summed E-state index contributed by atoms with van der Waals surface area (Å²) >= 11 is 0. The Morgan fingerprint density at radius 1 is 0.343 bits per heavy atom. The van der Waals surface area contributed by atoms with Crippen LogP contribution < -0.4 is 0 Å². The number of fused-ring (bicyclic) bond motifs is 6. The maximum Gasteiger partial charge on any atom is 0.417 e. The van der Waals surface area contributed by atoms with E-state index in [1.54, 1.807) is 54.6 Å². The number of benzene rings is 9. The zero-order valence-electron chi connectivity index (χ0n) is 36.4. The molecule has 5 nitrogen and oxygen atoms in total. The number of nitriles is 3. The Kier molecular flexibility index (Phi) is 10.2. The van der Waals surface area contributed by atoms with Crippen molar-refractivity contribution in [3.05, 3.63) is 216 Å². The lowest BCUT2D eigenvalue weighted by molar-refractivity contribution is -0.142. The Morgan fingerprint density at radius 3 is 1.37 bits per heavy atom. The van der Waals surface area contributed by atoms with E-state index in [4.69, 9.17) is 0 Å². The van der Waals surface area contributed by atoms with Crippen LogP contribution in [0, 0.1) is 34.0 Å². The molecule has 0 aliphatic rings. The van der Waals surface area contributed by atoms with Gasteiger partial charge in [-0.15, -0.1) is 0 Å². The first-order chi connectivity index (χ1) is 33.9. The normalized spacial score (nSPS) is 11.8. The zero-order valence-corrected chi connectivity index (χ0v) is 36.4. The molecule has 0 aliphatic carbocycles. The third-order valence-electron chi connectivity index (χ3n) is 12.9. The molecule has 0 aliphatic heterocycles. The zero-order chi connectivity index (χ0) is 48.5. The van der Waals surface area contributed by atoms with E-state index in [0.717, 1.165) is 71.9 Å². The molecule has 0 spiro atoms. The number of hydrogen-bond acceptors (Lipinski definition) is 3. The monoisotopic (exact) mass is 923 g/mol. The lowest BCUT2D eigenvalue weighted by Crippen LogP contribution is -2.12. The molecule has 0 amide bonds. The highest BCUT2D eigenvalue weighted by molar-refractivity contribution is 6.13. The Morgan fingerprint density at radius 2 is 0.829 bits per heavy atom. The quantitative estimate of drug-likeness (QED) is 0.156. The van der Waals surface area contributed by atoms with Gasteiger partial charge >= 0.3 is 12.4 Å². The third kappa shape index (κ3) is 7.10. The molecule has 0 saturated carbocycles. The van der Waals surface area contributed by atoms with Crippen molar-refractivity contribution >= 4 is 43.6 Å². The predicted octanol–water partition coefficient (Wildman–Crippen LogP) is 16.2. The molecule has 70 heavy (non-hydrogen) atoms. The number of nitrogens with zero attached hydrogens (tertiary/aromatic N) is 5. The van der Waals surface area contributed by atoms with Gasteiger partial charge in [0.1, 0.15) is 0 Å². The van der Waals surface area contributed by atoms with Gasteiger partial charge < -0.3 is 9.13 Å². The summed E-state index contributed by atoms with van der Waals surface area (Å²) in [4.78, 5) is 0. The first kappa shape index (κ1) is 43.2. The highest BCUT2D eigenvalue weighted by Gasteiger charge is 2.38. The molecule has 0 bridgehead atoms. The van der Waals surface area contributed by atoms with Crippen molar-refractivity contribution < 1.29 is 26.3 Å². The van der Waals surface area contributed by atoms with Crippen LogP contribution in [0.3, 0.4) is 0 Å². The van der Waals surface area contributed by atoms with Crippen LogP contribution in [-0.2, 0) is 12.4 Å². The largest absolute Gasteiger partial charge is 0.417 e. The van der Waals surface area contributed by atoms with Crippen LogP contribution in [0.25, 0.3) is 99.5 Å². The topological polar surface area (TPSA) is 81.2 Å². The number of rotatable bonds is 6. The predicted molar refractivity (Wildman–Crippen MR) is 261 cm³/mol. The second-order valence-corrected chi connectivity index (χ2v) is 16.8. The highest BCUT2D eigenvalue weighted by atomic mass is 19.4. The summed E-state index contributed by atoms with van der Waals surface area (Å²) in [5, 5.41) is 33.8. The molecule has 2 aromatic heterocycles. The van der Waals surface area contributed by atoms with Crippen LogP contribution in [0.5, 0.6) is 0 Å². The molecular formula is C59H31F6N5. The fraction of sp³-hybridized carbons (Fsp3) is 0.0339. The van der Waals surface area contributed by atoms with Crippen molar-refractivity contribution in [2.75, 3.05) is 0 Å². The fourth-order valence-corrected chi connectivity index (χ4v) is 9.80. The Hall–Kier alpha value is -9.37. The summed E-state index contributed by atoms with van der Waals surface area (Å²) in [5.74, 6) is 0. The first-order valence-corrected chi connectivity index (χ1v) is 21.9. The van der Waals surface area contributed by atoms with Gasteiger partial charge in [-0.3, -0.25) is 0 Å². The molecule has 0 N–H and O–H groups in total. The Labute approximate surface area is 395 Å². The van der Waals surface area contributed by atoms with Crippen molar-refractivity contribution in [3.63, 3.8) is 0 Å². The van der Waals surface area contributed by atoms with Crippen molar-refractivity contribution in [2.45, 2.75) is 12.4 Å². The Bertz CT molecular complexity index is 4100. The van der Waals surface area contributed by atoms with Crippen molar-refractivity contribution in [1.82, 2.24) is 9.13 Å². The second-order valence-electron chi connectivity index (χ2n) is 16.8. The minimum Gasteiger partial charge on any atom is -0.309 e. The van der Waals surface area contributed by atoms with Crippen LogP contribution in [0.15, 0.2) is 188 Å². The lowest BCUT2D eigenvalue weighted by atomic mass is 9.92. The van der Waals surface area contributed by atoms with E-state index in [2.05, 4.69) is 18.2 Å². The molecule has 0 atom stereocenters. The summed E-state index contributed by atoms with van der Waals surface area (Å²) in [6, 6.07) is 60.0. The SMILES string of the molecule is N#Cc1ccc(-c2cc(-c3ccc(C(F)(F)F)cc3C(F)(F)F)ccc2-n2c3ccccc3c3cc(-c4ccccc4C#N)ccc32)c(-n2c3ccccc3c3cc(-c4ccccc4C#N)ccc32)c1. The fourth-order valence-electron chi connectivity index (χ4n) is 9.80. The van der Waals surface area contributed by atoms with Crippen LogP contribution >= 0.6 is 0 Å². The molecule has 2 heterocycles. The number of alkyl halides is 6. The molecule has 9 aromatic carbocycles.